The molecule has 3 rings (SSSR count). The van der Waals surface area contributed by atoms with Gasteiger partial charge in [0.15, 0.2) is 5.82 Å². The van der Waals surface area contributed by atoms with Crippen molar-refractivity contribution in [2.24, 2.45) is 5.73 Å². The molecule has 0 fully saturated rings. The molecule has 0 bridgehead atoms. The molecule has 0 unspecified atom stereocenters. The normalized spacial score (nSPS) is 10.5. The summed E-state index contributed by atoms with van der Waals surface area (Å²) in [7, 11) is 1.56. The maximum atomic E-state index is 14.9. The van der Waals surface area contributed by atoms with Gasteiger partial charge in [0.25, 0.3) is 5.91 Å². The van der Waals surface area contributed by atoms with Crippen molar-refractivity contribution in [1.82, 2.24) is 15.3 Å². The second-order valence-electron chi connectivity index (χ2n) is 6.96. The van der Waals surface area contributed by atoms with E-state index in [0.717, 1.165) is 11.1 Å². The van der Waals surface area contributed by atoms with E-state index in [1.165, 1.54) is 12.3 Å². The molecule has 0 saturated heterocycles. The predicted molar refractivity (Wildman–Crippen MR) is 123 cm³/mol. The summed E-state index contributed by atoms with van der Waals surface area (Å²) in [6, 6.07) is 9.97. The second kappa shape index (κ2) is 10.1. The maximum Gasteiger partial charge on any atom is 0.251 e. The number of aryl methyl sites for hydroxylation is 1. The highest BCUT2D eigenvalue weighted by Gasteiger charge is 2.13. The van der Waals surface area contributed by atoms with Crippen LogP contribution in [0.3, 0.4) is 0 Å². The van der Waals surface area contributed by atoms with Gasteiger partial charge in [0.2, 0.25) is 11.9 Å². The van der Waals surface area contributed by atoms with Gasteiger partial charge in [-0.1, -0.05) is 23.7 Å². The highest BCUT2D eigenvalue weighted by Crippen LogP contribution is 2.30. The van der Waals surface area contributed by atoms with E-state index in [4.69, 9.17) is 17.3 Å². The molecule has 0 saturated carbocycles. The van der Waals surface area contributed by atoms with E-state index in [-0.39, 0.29) is 35.5 Å². The molecule has 2 aromatic carbocycles. The fourth-order valence-electron chi connectivity index (χ4n) is 3.01. The molecule has 8 nitrogen and oxygen atoms in total. The summed E-state index contributed by atoms with van der Waals surface area (Å²) in [6.45, 7) is 2.11. The number of amides is 2. The lowest BCUT2D eigenvalue weighted by Gasteiger charge is -2.13. The first-order chi connectivity index (χ1) is 15.3. The number of carbonyl (C=O) groups excluding carboxylic acids is 2. The molecule has 10 heteroatoms. The second-order valence-corrected chi connectivity index (χ2v) is 7.37. The van der Waals surface area contributed by atoms with Crippen LogP contribution in [0.5, 0.6) is 0 Å². The van der Waals surface area contributed by atoms with Crippen molar-refractivity contribution in [2.45, 2.75) is 13.3 Å². The van der Waals surface area contributed by atoms with Crippen LogP contribution < -0.4 is 21.7 Å². The number of nitrogens with zero attached hydrogens (tertiary/aromatic N) is 2. The molecule has 0 aliphatic heterocycles. The number of rotatable bonds is 8. The zero-order valence-electron chi connectivity index (χ0n) is 17.5. The Bertz CT molecular complexity index is 1150. The number of anilines is 3. The fourth-order valence-corrected chi connectivity index (χ4v) is 3.17. The van der Waals surface area contributed by atoms with Crippen LogP contribution in [-0.2, 0) is 4.79 Å². The van der Waals surface area contributed by atoms with E-state index in [0.29, 0.717) is 16.9 Å². The standard InChI is InChI=1S/C22H22ClFN6O2/c1-12-9-18(29-22-28-11-16(23)20(30-22)27-8-7-19(25)31)17(24)10-15(12)13-3-5-14(6-4-13)21(32)26-2/h3-6,9-11H,7-8H2,1-2H3,(H2,25,31)(H,26,32)(H2,27,28,29,30). The largest absolute Gasteiger partial charge is 0.370 e. The molecule has 0 aliphatic carbocycles. The van der Waals surface area contributed by atoms with Crippen molar-refractivity contribution in [1.29, 1.82) is 0 Å². The van der Waals surface area contributed by atoms with Gasteiger partial charge >= 0.3 is 0 Å². The number of primary amides is 1. The van der Waals surface area contributed by atoms with Gasteiger partial charge in [0.05, 0.1) is 11.9 Å². The summed E-state index contributed by atoms with van der Waals surface area (Å²) in [4.78, 5) is 30.9. The zero-order chi connectivity index (χ0) is 23.3. The van der Waals surface area contributed by atoms with Gasteiger partial charge < -0.3 is 21.7 Å². The molecule has 0 radical (unpaired) electrons. The third kappa shape index (κ3) is 5.50. The first-order valence-electron chi connectivity index (χ1n) is 9.73. The lowest BCUT2D eigenvalue weighted by Crippen LogP contribution is -2.17. The Morgan fingerprint density at radius 2 is 1.91 bits per heavy atom. The Morgan fingerprint density at radius 1 is 1.19 bits per heavy atom. The number of aromatic nitrogens is 2. The molecular formula is C22H22ClFN6O2. The van der Waals surface area contributed by atoms with Crippen LogP contribution in [0.25, 0.3) is 11.1 Å². The third-order valence-electron chi connectivity index (χ3n) is 4.65. The van der Waals surface area contributed by atoms with Gasteiger partial charge in [0.1, 0.15) is 10.8 Å². The first kappa shape index (κ1) is 23.0. The van der Waals surface area contributed by atoms with Crippen LogP contribution in [0, 0.1) is 12.7 Å². The van der Waals surface area contributed by atoms with Crippen LogP contribution >= 0.6 is 11.6 Å². The predicted octanol–water partition coefficient (Wildman–Crippen LogP) is 3.64. The van der Waals surface area contributed by atoms with Gasteiger partial charge in [-0.15, -0.1) is 0 Å². The monoisotopic (exact) mass is 456 g/mol. The average Bonchev–Trinajstić information content (AvgIpc) is 2.77. The molecule has 1 heterocycles. The Morgan fingerprint density at radius 3 is 2.56 bits per heavy atom. The third-order valence-corrected chi connectivity index (χ3v) is 4.93. The number of carbonyl (C=O) groups is 2. The Hall–Kier alpha value is -3.72. The Balaban J connectivity index is 1.81. The summed E-state index contributed by atoms with van der Waals surface area (Å²) >= 11 is 6.07. The van der Waals surface area contributed by atoms with Crippen molar-refractivity contribution in [3.8, 4) is 11.1 Å². The van der Waals surface area contributed by atoms with E-state index >= 15 is 0 Å². The van der Waals surface area contributed by atoms with E-state index in [1.807, 2.05) is 6.92 Å². The molecule has 32 heavy (non-hydrogen) atoms. The molecular weight excluding hydrogens is 435 g/mol. The van der Waals surface area contributed by atoms with Crippen molar-refractivity contribution in [3.05, 3.63) is 64.6 Å². The number of halogens is 2. The number of benzene rings is 2. The number of nitrogens with two attached hydrogens (primary N) is 1. The van der Waals surface area contributed by atoms with Crippen LogP contribution in [-0.4, -0.2) is 35.4 Å². The van der Waals surface area contributed by atoms with Gasteiger partial charge in [0, 0.05) is 25.6 Å². The van der Waals surface area contributed by atoms with Crippen LogP contribution in [0.2, 0.25) is 5.02 Å². The minimum Gasteiger partial charge on any atom is -0.370 e. The van der Waals surface area contributed by atoms with E-state index < -0.39 is 11.7 Å². The summed E-state index contributed by atoms with van der Waals surface area (Å²) < 4.78 is 14.9. The van der Waals surface area contributed by atoms with Crippen molar-refractivity contribution < 1.29 is 14.0 Å². The minimum absolute atomic E-state index is 0.114. The first-order valence-corrected chi connectivity index (χ1v) is 10.1. The van der Waals surface area contributed by atoms with Crippen molar-refractivity contribution in [3.63, 3.8) is 0 Å². The topological polar surface area (TPSA) is 122 Å². The van der Waals surface area contributed by atoms with E-state index in [9.17, 15) is 14.0 Å². The quantitative estimate of drug-likeness (QED) is 0.410. The summed E-state index contributed by atoms with van der Waals surface area (Å²) in [6.07, 6.45) is 1.49. The molecule has 0 atom stereocenters. The molecule has 5 N–H and O–H groups in total. The average molecular weight is 457 g/mol. The van der Waals surface area contributed by atoms with Gasteiger partial charge in [-0.2, -0.15) is 4.98 Å². The van der Waals surface area contributed by atoms with Gasteiger partial charge in [-0.3, -0.25) is 9.59 Å². The van der Waals surface area contributed by atoms with Gasteiger partial charge in [-0.05, 0) is 47.9 Å². The summed E-state index contributed by atoms with van der Waals surface area (Å²) in [5, 5.41) is 8.57. The van der Waals surface area contributed by atoms with E-state index in [1.54, 1.807) is 37.4 Å². The molecule has 0 spiro atoms. The maximum absolute atomic E-state index is 14.9. The number of hydrogen-bond donors (Lipinski definition) is 4. The van der Waals surface area contributed by atoms with Crippen molar-refractivity contribution >= 4 is 40.9 Å². The van der Waals surface area contributed by atoms with Crippen molar-refractivity contribution in [2.75, 3.05) is 24.2 Å². The number of hydrogen-bond acceptors (Lipinski definition) is 6. The van der Waals surface area contributed by atoms with Crippen LogP contribution in [0.1, 0.15) is 22.3 Å². The molecule has 166 valence electrons. The van der Waals surface area contributed by atoms with Crippen LogP contribution in [0.15, 0.2) is 42.6 Å². The molecule has 0 aliphatic rings. The van der Waals surface area contributed by atoms with Crippen LogP contribution in [0.4, 0.5) is 21.8 Å². The zero-order valence-corrected chi connectivity index (χ0v) is 18.3. The summed E-state index contributed by atoms with van der Waals surface area (Å²) in [5.41, 5.74) is 8.13. The molecule has 2 amide bonds. The smallest absolute Gasteiger partial charge is 0.251 e. The lowest BCUT2D eigenvalue weighted by atomic mass is 9.98. The Kier molecular flexibility index (Phi) is 7.21. The fraction of sp³-hybridized carbons (Fsp3) is 0.182. The summed E-state index contributed by atoms with van der Waals surface area (Å²) in [5.74, 6) is -0.706. The highest BCUT2D eigenvalue weighted by atomic mass is 35.5. The number of nitrogens with one attached hydrogen (secondary N) is 3. The van der Waals surface area contributed by atoms with E-state index in [2.05, 4.69) is 25.9 Å². The highest BCUT2D eigenvalue weighted by molar-refractivity contribution is 6.32. The Labute approximate surface area is 189 Å². The molecule has 1 aromatic heterocycles. The van der Waals surface area contributed by atoms with Gasteiger partial charge in [-0.25, -0.2) is 9.37 Å². The SMILES string of the molecule is CNC(=O)c1ccc(-c2cc(F)c(Nc3ncc(Cl)c(NCCC(N)=O)n3)cc2C)cc1. The minimum atomic E-state index is -0.497. The molecule has 3 aromatic rings. The lowest BCUT2D eigenvalue weighted by molar-refractivity contribution is -0.117.